The van der Waals surface area contributed by atoms with E-state index in [0.29, 0.717) is 39.3 Å². The summed E-state index contributed by atoms with van der Waals surface area (Å²) in [6.07, 6.45) is 3.39. The van der Waals surface area contributed by atoms with Crippen LogP contribution in [0.15, 0.2) is 0 Å². The molecule has 0 radical (unpaired) electrons. The zero-order valence-electron chi connectivity index (χ0n) is 11.3. The molecule has 2 heterocycles. The van der Waals surface area contributed by atoms with Gasteiger partial charge in [0.2, 0.25) is 11.8 Å². The third kappa shape index (κ3) is 4.47. The van der Waals surface area contributed by atoms with Gasteiger partial charge in [-0.15, -0.1) is 0 Å². The minimum absolute atomic E-state index is 0.0660. The Morgan fingerprint density at radius 1 is 1.37 bits per heavy atom. The van der Waals surface area contributed by atoms with Crippen molar-refractivity contribution in [2.75, 3.05) is 39.4 Å². The molecule has 2 N–H and O–H groups in total. The molecule has 0 aromatic heterocycles. The van der Waals surface area contributed by atoms with Crippen LogP contribution in [0.25, 0.3) is 0 Å². The first-order valence-corrected chi connectivity index (χ1v) is 7.14. The lowest BCUT2D eigenvalue weighted by molar-refractivity contribution is -0.135. The van der Waals surface area contributed by atoms with Gasteiger partial charge in [-0.1, -0.05) is 0 Å². The van der Waals surface area contributed by atoms with Crippen LogP contribution in [0.5, 0.6) is 0 Å². The molecule has 0 spiro atoms. The van der Waals surface area contributed by atoms with Crippen LogP contribution in [-0.2, 0) is 14.3 Å². The molecular formula is C13H23N3O3. The van der Waals surface area contributed by atoms with E-state index in [1.165, 1.54) is 0 Å². The van der Waals surface area contributed by atoms with Gasteiger partial charge in [0.1, 0.15) is 0 Å². The van der Waals surface area contributed by atoms with Crippen molar-refractivity contribution in [3.8, 4) is 0 Å². The minimum Gasteiger partial charge on any atom is -0.378 e. The van der Waals surface area contributed by atoms with E-state index in [9.17, 15) is 9.59 Å². The topological polar surface area (TPSA) is 70.7 Å². The predicted octanol–water partition coefficient (Wildman–Crippen LogP) is -0.506. The minimum atomic E-state index is -0.139. The quantitative estimate of drug-likeness (QED) is 0.721. The van der Waals surface area contributed by atoms with Crippen LogP contribution in [-0.4, -0.2) is 62.1 Å². The van der Waals surface area contributed by atoms with Gasteiger partial charge >= 0.3 is 0 Å². The van der Waals surface area contributed by atoms with Gasteiger partial charge in [0.15, 0.2) is 0 Å². The van der Waals surface area contributed by atoms with Crippen LogP contribution < -0.4 is 10.6 Å². The number of hydrogen-bond donors (Lipinski definition) is 2. The Hall–Kier alpha value is -1.14. The summed E-state index contributed by atoms with van der Waals surface area (Å²) < 4.78 is 5.22. The number of amides is 2. The molecule has 19 heavy (non-hydrogen) atoms. The van der Waals surface area contributed by atoms with Crippen molar-refractivity contribution >= 4 is 11.8 Å². The van der Waals surface area contributed by atoms with Crippen LogP contribution in [0.2, 0.25) is 0 Å². The lowest BCUT2D eigenvalue weighted by Gasteiger charge is -2.27. The average molecular weight is 269 g/mol. The number of ether oxygens (including phenoxy) is 1. The van der Waals surface area contributed by atoms with Crippen LogP contribution in [0.3, 0.4) is 0 Å². The first kappa shape index (κ1) is 14.3. The first-order chi connectivity index (χ1) is 9.27. The Kier molecular flexibility index (Phi) is 5.60. The molecule has 1 unspecified atom stereocenters. The highest BCUT2D eigenvalue weighted by atomic mass is 16.5. The number of hydrogen-bond acceptors (Lipinski definition) is 4. The number of rotatable bonds is 4. The molecular weight excluding hydrogens is 246 g/mol. The summed E-state index contributed by atoms with van der Waals surface area (Å²) in [4.78, 5) is 25.5. The first-order valence-electron chi connectivity index (χ1n) is 7.14. The molecule has 0 saturated carbocycles. The highest BCUT2D eigenvalue weighted by Gasteiger charge is 2.21. The Labute approximate surface area is 113 Å². The normalized spacial score (nSPS) is 24.7. The molecule has 2 aliphatic heterocycles. The second-order valence-corrected chi connectivity index (χ2v) is 5.04. The molecule has 6 heteroatoms. The number of nitrogens with zero attached hydrogens (tertiary/aromatic N) is 1. The SMILES string of the molecule is O=C1NCCCCC1NCCC(=O)N1CCOCC1. The van der Waals surface area contributed by atoms with Gasteiger partial charge in [-0.25, -0.2) is 0 Å². The van der Waals surface area contributed by atoms with E-state index in [1.807, 2.05) is 4.90 Å². The molecule has 2 saturated heterocycles. The van der Waals surface area contributed by atoms with Crippen molar-refractivity contribution in [1.82, 2.24) is 15.5 Å². The number of morpholine rings is 1. The maximum absolute atomic E-state index is 11.9. The van der Waals surface area contributed by atoms with Crippen LogP contribution in [0.1, 0.15) is 25.7 Å². The van der Waals surface area contributed by atoms with Gasteiger partial charge in [0.05, 0.1) is 19.3 Å². The lowest BCUT2D eigenvalue weighted by Crippen LogP contribution is -2.45. The summed E-state index contributed by atoms with van der Waals surface area (Å²) in [5.74, 6) is 0.209. The van der Waals surface area contributed by atoms with Crippen molar-refractivity contribution in [3.05, 3.63) is 0 Å². The maximum Gasteiger partial charge on any atom is 0.237 e. The van der Waals surface area contributed by atoms with E-state index in [0.717, 1.165) is 25.8 Å². The molecule has 1 atom stereocenters. The summed E-state index contributed by atoms with van der Waals surface area (Å²) in [5, 5.41) is 6.07. The molecule has 0 bridgehead atoms. The zero-order valence-corrected chi connectivity index (χ0v) is 11.3. The van der Waals surface area contributed by atoms with Crippen molar-refractivity contribution < 1.29 is 14.3 Å². The number of carbonyl (C=O) groups excluding carboxylic acids is 2. The zero-order chi connectivity index (χ0) is 13.5. The van der Waals surface area contributed by atoms with Crippen molar-refractivity contribution in [3.63, 3.8) is 0 Å². The fraction of sp³-hybridized carbons (Fsp3) is 0.846. The van der Waals surface area contributed by atoms with E-state index in [2.05, 4.69) is 10.6 Å². The Morgan fingerprint density at radius 2 is 2.16 bits per heavy atom. The Bertz CT molecular complexity index is 316. The van der Waals surface area contributed by atoms with E-state index in [-0.39, 0.29) is 17.9 Å². The number of nitrogens with one attached hydrogen (secondary N) is 2. The molecule has 2 fully saturated rings. The fourth-order valence-electron chi connectivity index (χ4n) is 2.46. The lowest BCUT2D eigenvalue weighted by atomic mass is 10.1. The molecule has 0 aliphatic carbocycles. The molecule has 108 valence electrons. The summed E-state index contributed by atoms with van der Waals surface area (Å²) >= 11 is 0. The van der Waals surface area contributed by atoms with Gasteiger partial charge in [-0.2, -0.15) is 0 Å². The van der Waals surface area contributed by atoms with E-state index >= 15 is 0 Å². The standard InChI is InChI=1S/C13H23N3O3/c17-12(16-7-9-19-10-8-16)4-6-14-11-3-1-2-5-15-13(11)18/h11,14H,1-10H2,(H,15,18). The second-order valence-electron chi connectivity index (χ2n) is 5.04. The average Bonchev–Trinajstić information content (AvgIpc) is 2.65. The van der Waals surface area contributed by atoms with Crippen LogP contribution in [0, 0.1) is 0 Å². The molecule has 2 rings (SSSR count). The summed E-state index contributed by atoms with van der Waals surface area (Å²) in [6, 6.07) is -0.139. The highest BCUT2D eigenvalue weighted by molar-refractivity contribution is 5.82. The Morgan fingerprint density at radius 3 is 2.95 bits per heavy atom. The van der Waals surface area contributed by atoms with E-state index in [1.54, 1.807) is 0 Å². The van der Waals surface area contributed by atoms with Gasteiger partial charge < -0.3 is 20.3 Å². The third-order valence-corrected chi connectivity index (χ3v) is 3.63. The van der Waals surface area contributed by atoms with Crippen molar-refractivity contribution in [1.29, 1.82) is 0 Å². The summed E-state index contributed by atoms with van der Waals surface area (Å²) in [7, 11) is 0. The van der Waals surface area contributed by atoms with Gasteiger partial charge in [-0.05, 0) is 19.3 Å². The molecule has 6 nitrogen and oxygen atoms in total. The van der Waals surface area contributed by atoms with Gasteiger partial charge in [0.25, 0.3) is 0 Å². The summed E-state index contributed by atoms with van der Waals surface area (Å²) in [5.41, 5.74) is 0. The molecule has 0 aromatic carbocycles. The second kappa shape index (κ2) is 7.45. The molecule has 0 aromatic rings. The van der Waals surface area contributed by atoms with Crippen LogP contribution >= 0.6 is 0 Å². The number of carbonyl (C=O) groups is 2. The third-order valence-electron chi connectivity index (χ3n) is 3.63. The fourth-order valence-corrected chi connectivity index (χ4v) is 2.46. The monoisotopic (exact) mass is 269 g/mol. The largest absolute Gasteiger partial charge is 0.378 e. The van der Waals surface area contributed by atoms with E-state index < -0.39 is 0 Å². The molecule has 2 amide bonds. The maximum atomic E-state index is 11.9. The molecule has 2 aliphatic rings. The van der Waals surface area contributed by atoms with Crippen molar-refractivity contribution in [2.45, 2.75) is 31.7 Å². The Balaban J connectivity index is 1.67. The smallest absolute Gasteiger partial charge is 0.237 e. The van der Waals surface area contributed by atoms with Crippen molar-refractivity contribution in [2.24, 2.45) is 0 Å². The van der Waals surface area contributed by atoms with Gasteiger partial charge in [0, 0.05) is 32.6 Å². The van der Waals surface area contributed by atoms with E-state index in [4.69, 9.17) is 4.74 Å². The summed E-state index contributed by atoms with van der Waals surface area (Å²) in [6.45, 7) is 3.96. The highest BCUT2D eigenvalue weighted by Crippen LogP contribution is 2.05. The van der Waals surface area contributed by atoms with Gasteiger partial charge in [-0.3, -0.25) is 9.59 Å². The predicted molar refractivity (Wildman–Crippen MR) is 70.7 cm³/mol. The van der Waals surface area contributed by atoms with Crippen LogP contribution in [0.4, 0.5) is 0 Å².